The lowest BCUT2D eigenvalue weighted by Crippen LogP contribution is -2.36. The molecular formula is C11H17ClN2O3. The summed E-state index contributed by atoms with van der Waals surface area (Å²) in [5.74, 6) is 0. The van der Waals surface area contributed by atoms with Crippen molar-refractivity contribution in [2.24, 2.45) is 0 Å². The average molecular weight is 261 g/mol. The number of rotatable bonds is 6. The number of aromatic nitrogens is 2. The molecule has 17 heavy (non-hydrogen) atoms. The van der Waals surface area contributed by atoms with Crippen LogP contribution in [0.2, 0.25) is 5.15 Å². The van der Waals surface area contributed by atoms with Crippen molar-refractivity contribution in [3.05, 3.63) is 31.6 Å². The maximum atomic E-state index is 11.8. The molecule has 0 aliphatic rings. The number of unbranched alkanes of at least 4 members (excludes halogenated alkanes) is 2. The van der Waals surface area contributed by atoms with Crippen molar-refractivity contribution in [3.63, 3.8) is 0 Å². The number of hydrogen-bond donors (Lipinski definition) is 1. The quantitative estimate of drug-likeness (QED) is 0.620. The van der Waals surface area contributed by atoms with Crippen LogP contribution in [0.1, 0.15) is 24.8 Å². The van der Waals surface area contributed by atoms with Crippen LogP contribution < -0.4 is 11.2 Å². The molecule has 0 saturated heterocycles. The van der Waals surface area contributed by atoms with Gasteiger partial charge in [0, 0.05) is 25.8 Å². The van der Waals surface area contributed by atoms with E-state index in [-0.39, 0.29) is 10.7 Å². The van der Waals surface area contributed by atoms with Crippen LogP contribution in [-0.2, 0) is 11.3 Å². The molecule has 0 aliphatic carbocycles. The summed E-state index contributed by atoms with van der Waals surface area (Å²) in [5, 5.41) is 0.121. The number of ether oxygens (including phenoxy) is 1. The lowest BCUT2D eigenvalue weighted by Gasteiger charge is -2.06. The monoisotopic (exact) mass is 260 g/mol. The predicted molar refractivity (Wildman–Crippen MR) is 66.8 cm³/mol. The zero-order valence-corrected chi connectivity index (χ0v) is 10.8. The molecule has 0 radical (unpaired) electrons. The number of aromatic amines is 1. The SMILES string of the molecule is COCCCCCn1c(=O)[nH]c(Cl)c(C)c1=O. The van der Waals surface area contributed by atoms with Gasteiger partial charge in [-0.15, -0.1) is 0 Å². The van der Waals surface area contributed by atoms with Crippen molar-refractivity contribution in [3.8, 4) is 0 Å². The van der Waals surface area contributed by atoms with Crippen molar-refractivity contribution in [2.75, 3.05) is 13.7 Å². The Kier molecular flexibility index (Phi) is 5.44. The Morgan fingerprint density at radius 1 is 1.29 bits per heavy atom. The predicted octanol–water partition coefficient (Wildman–Crippen LogP) is 1.32. The maximum absolute atomic E-state index is 11.8. The second-order valence-corrected chi connectivity index (χ2v) is 4.26. The first-order valence-corrected chi connectivity index (χ1v) is 5.94. The van der Waals surface area contributed by atoms with Gasteiger partial charge in [-0.2, -0.15) is 0 Å². The van der Waals surface area contributed by atoms with Crippen molar-refractivity contribution >= 4 is 11.6 Å². The Balaban J connectivity index is 2.69. The highest BCUT2D eigenvalue weighted by Gasteiger charge is 2.07. The molecule has 1 heterocycles. The third-order valence-electron chi connectivity index (χ3n) is 2.59. The molecule has 0 fully saturated rings. The molecule has 0 bridgehead atoms. The van der Waals surface area contributed by atoms with Gasteiger partial charge < -0.3 is 4.74 Å². The summed E-state index contributed by atoms with van der Waals surface area (Å²) in [4.78, 5) is 25.7. The summed E-state index contributed by atoms with van der Waals surface area (Å²) in [6.45, 7) is 2.71. The number of nitrogens with zero attached hydrogens (tertiary/aromatic N) is 1. The van der Waals surface area contributed by atoms with E-state index in [2.05, 4.69) is 4.98 Å². The molecule has 1 N–H and O–H groups in total. The average Bonchev–Trinajstić information content (AvgIpc) is 2.30. The topological polar surface area (TPSA) is 64.1 Å². The van der Waals surface area contributed by atoms with Crippen molar-refractivity contribution in [1.82, 2.24) is 9.55 Å². The molecule has 0 spiro atoms. The van der Waals surface area contributed by atoms with Crippen LogP contribution in [0.25, 0.3) is 0 Å². The highest BCUT2D eigenvalue weighted by Crippen LogP contribution is 2.03. The summed E-state index contributed by atoms with van der Waals surface area (Å²) in [7, 11) is 1.65. The van der Waals surface area contributed by atoms with Crippen molar-refractivity contribution in [2.45, 2.75) is 32.7 Å². The van der Waals surface area contributed by atoms with E-state index in [4.69, 9.17) is 16.3 Å². The van der Waals surface area contributed by atoms with Crippen LogP contribution in [0, 0.1) is 6.92 Å². The minimum Gasteiger partial charge on any atom is -0.385 e. The van der Waals surface area contributed by atoms with Gasteiger partial charge >= 0.3 is 5.69 Å². The summed E-state index contributed by atoms with van der Waals surface area (Å²) in [5.41, 5.74) is -0.383. The normalized spacial score (nSPS) is 10.8. The molecule has 1 aromatic rings. The van der Waals surface area contributed by atoms with Crippen LogP contribution in [0.15, 0.2) is 9.59 Å². The molecule has 0 aliphatic heterocycles. The van der Waals surface area contributed by atoms with E-state index >= 15 is 0 Å². The summed E-state index contributed by atoms with van der Waals surface area (Å²) >= 11 is 5.71. The van der Waals surface area contributed by atoms with E-state index in [9.17, 15) is 9.59 Å². The van der Waals surface area contributed by atoms with Gasteiger partial charge in [0.05, 0.1) is 0 Å². The number of methoxy groups -OCH3 is 1. The van der Waals surface area contributed by atoms with Crippen LogP contribution in [0.3, 0.4) is 0 Å². The molecule has 1 aromatic heterocycles. The first-order valence-electron chi connectivity index (χ1n) is 5.56. The molecule has 6 heteroatoms. The van der Waals surface area contributed by atoms with Gasteiger partial charge in [0.25, 0.3) is 5.56 Å². The smallest absolute Gasteiger partial charge is 0.329 e. The molecule has 0 amide bonds. The molecular weight excluding hydrogens is 244 g/mol. The van der Waals surface area contributed by atoms with Gasteiger partial charge in [-0.05, 0) is 26.2 Å². The third-order valence-corrected chi connectivity index (χ3v) is 2.97. The summed E-state index contributed by atoms with van der Waals surface area (Å²) < 4.78 is 6.11. The van der Waals surface area contributed by atoms with E-state index in [0.29, 0.717) is 18.7 Å². The molecule has 1 rings (SSSR count). The number of hydrogen-bond acceptors (Lipinski definition) is 3. The third kappa shape index (κ3) is 3.71. The number of nitrogens with one attached hydrogen (secondary N) is 1. The number of halogens is 1. The van der Waals surface area contributed by atoms with E-state index in [0.717, 1.165) is 19.3 Å². The van der Waals surface area contributed by atoms with Crippen molar-refractivity contribution < 1.29 is 4.74 Å². The first-order chi connectivity index (χ1) is 8.07. The maximum Gasteiger partial charge on any atom is 0.329 e. The van der Waals surface area contributed by atoms with E-state index in [1.54, 1.807) is 14.0 Å². The van der Waals surface area contributed by atoms with Crippen LogP contribution in [0.4, 0.5) is 0 Å². The van der Waals surface area contributed by atoms with Crippen LogP contribution >= 0.6 is 11.6 Å². The minimum absolute atomic E-state index is 0.121. The van der Waals surface area contributed by atoms with Crippen LogP contribution in [0.5, 0.6) is 0 Å². The summed E-state index contributed by atoms with van der Waals surface area (Å²) in [6.07, 6.45) is 2.62. The lowest BCUT2D eigenvalue weighted by molar-refractivity contribution is 0.191. The molecule has 96 valence electrons. The lowest BCUT2D eigenvalue weighted by atomic mass is 10.2. The second kappa shape index (κ2) is 6.61. The van der Waals surface area contributed by atoms with Gasteiger partial charge in [0.2, 0.25) is 0 Å². The Hall–Kier alpha value is -1.07. The second-order valence-electron chi connectivity index (χ2n) is 3.88. The molecule has 0 saturated carbocycles. The highest BCUT2D eigenvalue weighted by atomic mass is 35.5. The zero-order valence-electron chi connectivity index (χ0n) is 10.1. The van der Waals surface area contributed by atoms with E-state index < -0.39 is 5.69 Å². The largest absolute Gasteiger partial charge is 0.385 e. The Labute approximate surface area is 104 Å². The van der Waals surface area contributed by atoms with Gasteiger partial charge in [-0.1, -0.05) is 11.6 Å². The van der Waals surface area contributed by atoms with Crippen molar-refractivity contribution in [1.29, 1.82) is 0 Å². The fraction of sp³-hybridized carbons (Fsp3) is 0.636. The van der Waals surface area contributed by atoms with Gasteiger partial charge in [0.15, 0.2) is 0 Å². The Morgan fingerprint density at radius 2 is 2.00 bits per heavy atom. The molecule has 0 atom stereocenters. The van der Waals surface area contributed by atoms with E-state index in [1.807, 2.05) is 0 Å². The van der Waals surface area contributed by atoms with Gasteiger partial charge in [-0.25, -0.2) is 4.79 Å². The first kappa shape index (κ1) is 14.0. The fourth-order valence-electron chi connectivity index (χ4n) is 1.54. The standard InChI is InChI=1S/C11H17ClN2O3/c1-8-9(12)13-11(16)14(10(8)15)6-4-3-5-7-17-2/h3-7H2,1-2H3,(H,13,16). The fourth-order valence-corrected chi connectivity index (χ4v) is 1.70. The number of H-pyrrole nitrogens is 1. The van der Waals surface area contributed by atoms with Gasteiger partial charge in [-0.3, -0.25) is 14.3 Å². The summed E-state index contributed by atoms with van der Waals surface area (Å²) in [6, 6.07) is 0. The zero-order chi connectivity index (χ0) is 12.8. The molecule has 5 nitrogen and oxygen atoms in total. The Bertz CT molecular complexity index is 479. The van der Waals surface area contributed by atoms with Gasteiger partial charge in [0.1, 0.15) is 5.15 Å². The molecule has 0 unspecified atom stereocenters. The highest BCUT2D eigenvalue weighted by molar-refractivity contribution is 6.30. The Morgan fingerprint density at radius 3 is 2.65 bits per heavy atom. The van der Waals surface area contributed by atoms with E-state index in [1.165, 1.54) is 4.57 Å². The van der Waals surface area contributed by atoms with Crippen LogP contribution in [-0.4, -0.2) is 23.3 Å². The molecule has 0 aromatic carbocycles. The minimum atomic E-state index is -0.447.